The Hall–Kier alpha value is -1.99. The van der Waals surface area contributed by atoms with E-state index in [1.54, 1.807) is 16.9 Å². The van der Waals surface area contributed by atoms with E-state index in [-0.39, 0.29) is 5.95 Å². The van der Waals surface area contributed by atoms with E-state index >= 15 is 0 Å². The maximum absolute atomic E-state index is 5.68. The summed E-state index contributed by atoms with van der Waals surface area (Å²) in [6, 6.07) is 7.90. The predicted octanol–water partition coefficient (Wildman–Crippen LogP) is 2.22. The van der Waals surface area contributed by atoms with Crippen LogP contribution in [0.3, 0.4) is 0 Å². The fourth-order valence-electron chi connectivity index (χ4n) is 2.23. The molecule has 6 nitrogen and oxygen atoms in total. The molecule has 0 radical (unpaired) electrons. The highest BCUT2D eigenvalue weighted by Crippen LogP contribution is 2.25. The first-order chi connectivity index (χ1) is 10.0. The van der Waals surface area contributed by atoms with E-state index in [1.807, 2.05) is 26.2 Å². The molecule has 21 heavy (non-hydrogen) atoms. The first-order valence-corrected chi connectivity index (χ1v) is 7.24. The van der Waals surface area contributed by atoms with Gasteiger partial charge < -0.3 is 10.6 Å². The van der Waals surface area contributed by atoms with Gasteiger partial charge in [-0.2, -0.15) is 10.1 Å². The van der Waals surface area contributed by atoms with E-state index in [2.05, 4.69) is 36.9 Å². The average molecular weight is 347 g/mol. The number of nitrogen functional groups attached to an aromatic ring is 1. The van der Waals surface area contributed by atoms with E-state index in [9.17, 15) is 0 Å². The predicted molar refractivity (Wildman–Crippen MR) is 86.2 cm³/mol. The highest BCUT2D eigenvalue weighted by atomic mass is 79.9. The zero-order valence-corrected chi connectivity index (χ0v) is 13.4. The molecule has 0 unspecified atom stereocenters. The van der Waals surface area contributed by atoms with Crippen LogP contribution >= 0.6 is 15.9 Å². The van der Waals surface area contributed by atoms with E-state index in [4.69, 9.17) is 10.8 Å². The van der Waals surface area contributed by atoms with Crippen molar-refractivity contribution < 1.29 is 0 Å². The Morgan fingerprint density at radius 2 is 2.10 bits per heavy atom. The summed E-state index contributed by atoms with van der Waals surface area (Å²) in [4.78, 5) is 10.3. The van der Waals surface area contributed by atoms with Crippen LogP contribution in [0.4, 0.5) is 5.95 Å². The summed E-state index contributed by atoms with van der Waals surface area (Å²) in [6.07, 6.45) is 1.63. The van der Waals surface area contributed by atoms with Gasteiger partial charge in [-0.15, -0.1) is 0 Å². The minimum Gasteiger partial charge on any atom is -0.368 e. The summed E-state index contributed by atoms with van der Waals surface area (Å²) in [5.74, 6) is 0.899. The standard InChI is InChI=1S/C14H15BrN6/c1-20(2)8-11-10-4-3-9(15)7-12(10)21(19-11)13-5-6-17-14(16)18-13/h3-7H,8H2,1-2H3,(H2,16,17,18). The Labute approximate surface area is 130 Å². The second-order valence-electron chi connectivity index (χ2n) is 5.03. The summed E-state index contributed by atoms with van der Waals surface area (Å²) in [5, 5.41) is 5.79. The van der Waals surface area contributed by atoms with Gasteiger partial charge in [0.25, 0.3) is 0 Å². The minimum atomic E-state index is 0.236. The molecule has 2 heterocycles. The summed E-state index contributed by atoms with van der Waals surface area (Å²) in [7, 11) is 4.04. The molecule has 3 aromatic rings. The Balaban J connectivity index is 2.24. The molecule has 0 atom stereocenters. The van der Waals surface area contributed by atoms with Crippen molar-refractivity contribution in [3.8, 4) is 5.82 Å². The number of hydrogen-bond donors (Lipinski definition) is 1. The van der Waals surface area contributed by atoms with Crippen LogP contribution in [0.5, 0.6) is 0 Å². The van der Waals surface area contributed by atoms with Crippen molar-refractivity contribution in [2.45, 2.75) is 6.54 Å². The lowest BCUT2D eigenvalue weighted by Crippen LogP contribution is -2.12. The summed E-state index contributed by atoms with van der Waals surface area (Å²) in [6.45, 7) is 0.756. The second-order valence-corrected chi connectivity index (χ2v) is 5.95. The third-order valence-electron chi connectivity index (χ3n) is 3.06. The van der Waals surface area contributed by atoms with Gasteiger partial charge in [0.2, 0.25) is 5.95 Å². The van der Waals surface area contributed by atoms with E-state index in [1.165, 1.54) is 0 Å². The largest absolute Gasteiger partial charge is 0.368 e. The van der Waals surface area contributed by atoms with Gasteiger partial charge in [-0.05, 0) is 32.3 Å². The van der Waals surface area contributed by atoms with Crippen molar-refractivity contribution in [1.82, 2.24) is 24.6 Å². The molecule has 1 aromatic carbocycles. The van der Waals surface area contributed by atoms with Crippen LogP contribution in [0.25, 0.3) is 16.7 Å². The van der Waals surface area contributed by atoms with Crippen molar-refractivity contribution in [2.24, 2.45) is 0 Å². The smallest absolute Gasteiger partial charge is 0.221 e. The maximum Gasteiger partial charge on any atom is 0.221 e. The van der Waals surface area contributed by atoms with E-state index < -0.39 is 0 Å². The first kappa shape index (κ1) is 14.0. The zero-order chi connectivity index (χ0) is 15.0. The van der Waals surface area contributed by atoms with Crippen molar-refractivity contribution in [2.75, 3.05) is 19.8 Å². The molecule has 0 amide bonds. The summed E-state index contributed by atoms with van der Waals surface area (Å²) < 4.78 is 2.80. The highest BCUT2D eigenvalue weighted by Gasteiger charge is 2.14. The normalized spacial score (nSPS) is 11.4. The molecule has 0 aliphatic carbocycles. The molecule has 0 aliphatic heterocycles. The zero-order valence-electron chi connectivity index (χ0n) is 11.8. The van der Waals surface area contributed by atoms with Crippen molar-refractivity contribution in [3.63, 3.8) is 0 Å². The molecule has 3 rings (SSSR count). The first-order valence-electron chi connectivity index (χ1n) is 6.45. The Bertz CT molecular complexity index is 795. The molecule has 0 spiro atoms. The fourth-order valence-corrected chi connectivity index (χ4v) is 2.57. The monoisotopic (exact) mass is 346 g/mol. The molecule has 0 saturated carbocycles. The third kappa shape index (κ3) is 2.74. The number of hydrogen-bond acceptors (Lipinski definition) is 5. The SMILES string of the molecule is CN(C)Cc1nn(-c2ccnc(N)n2)c2cc(Br)ccc12. The Morgan fingerprint density at radius 1 is 1.29 bits per heavy atom. The van der Waals surface area contributed by atoms with Crippen molar-refractivity contribution in [1.29, 1.82) is 0 Å². The molecule has 0 saturated heterocycles. The van der Waals surface area contributed by atoms with E-state index in [0.717, 1.165) is 27.6 Å². The molecular formula is C14H15BrN6. The number of nitrogens with zero attached hydrogens (tertiary/aromatic N) is 5. The number of nitrogens with two attached hydrogens (primary N) is 1. The van der Waals surface area contributed by atoms with Gasteiger partial charge in [-0.3, -0.25) is 0 Å². The lowest BCUT2D eigenvalue weighted by molar-refractivity contribution is 0.397. The molecule has 7 heteroatoms. The molecule has 0 fully saturated rings. The minimum absolute atomic E-state index is 0.236. The second kappa shape index (κ2) is 5.42. The number of fused-ring (bicyclic) bond motifs is 1. The quantitative estimate of drug-likeness (QED) is 0.787. The van der Waals surface area contributed by atoms with Gasteiger partial charge in [0.05, 0.1) is 11.2 Å². The highest BCUT2D eigenvalue weighted by molar-refractivity contribution is 9.10. The van der Waals surface area contributed by atoms with Crippen LogP contribution in [-0.4, -0.2) is 38.7 Å². The van der Waals surface area contributed by atoms with Crippen LogP contribution in [0.1, 0.15) is 5.69 Å². The van der Waals surface area contributed by atoms with Gasteiger partial charge >= 0.3 is 0 Å². The molecule has 0 bridgehead atoms. The number of benzene rings is 1. The van der Waals surface area contributed by atoms with Crippen molar-refractivity contribution >= 4 is 32.8 Å². The average Bonchev–Trinajstić information content (AvgIpc) is 2.76. The van der Waals surface area contributed by atoms with Crippen LogP contribution in [0.15, 0.2) is 34.9 Å². The third-order valence-corrected chi connectivity index (χ3v) is 3.56. The molecule has 108 valence electrons. The number of rotatable bonds is 3. The lowest BCUT2D eigenvalue weighted by Gasteiger charge is -2.06. The number of aromatic nitrogens is 4. The van der Waals surface area contributed by atoms with Crippen LogP contribution in [-0.2, 0) is 6.54 Å². The van der Waals surface area contributed by atoms with Gasteiger partial charge in [-0.25, -0.2) is 9.67 Å². The lowest BCUT2D eigenvalue weighted by atomic mass is 10.2. The number of halogens is 1. The van der Waals surface area contributed by atoms with Crippen LogP contribution in [0, 0.1) is 0 Å². The topological polar surface area (TPSA) is 72.9 Å². The summed E-state index contributed by atoms with van der Waals surface area (Å²) in [5.41, 5.74) is 7.66. The van der Waals surface area contributed by atoms with Crippen LogP contribution in [0.2, 0.25) is 0 Å². The molecule has 2 aromatic heterocycles. The van der Waals surface area contributed by atoms with Gasteiger partial charge in [0, 0.05) is 28.7 Å². The molecule has 2 N–H and O–H groups in total. The van der Waals surface area contributed by atoms with E-state index in [0.29, 0.717) is 5.82 Å². The van der Waals surface area contributed by atoms with Gasteiger partial charge in [0.1, 0.15) is 0 Å². The number of anilines is 1. The van der Waals surface area contributed by atoms with Gasteiger partial charge in [-0.1, -0.05) is 15.9 Å². The van der Waals surface area contributed by atoms with Crippen molar-refractivity contribution in [3.05, 3.63) is 40.6 Å². The maximum atomic E-state index is 5.68. The Morgan fingerprint density at radius 3 is 2.81 bits per heavy atom. The Kier molecular flexibility index (Phi) is 3.60. The molecular weight excluding hydrogens is 332 g/mol. The summed E-state index contributed by atoms with van der Waals surface area (Å²) >= 11 is 3.50. The van der Waals surface area contributed by atoms with Gasteiger partial charge in [0.15, 0.2) is 5.82 Å². The van der Waals surface area contributed by atoms with Crippen LogP contribution < -0.4 is 5.73 Å². The fraction of sp³-hybridized carbons (Fsp3) is 0.214. The molecule has 0 aliphatic rings.